The maximum Gasteiger partial charge on any atom is 0.266 e. The van der Waals surface area contributed by atoms with Crippen molar-refractivity contribution in [2.24, 2.45) is 0 Å². The fourth-order valence-electron chi connectivity index (χ4n) is 2.99. The quantitative estimate of drug-likeness (QED) is 0.875. The third-order valence-electron chi connectivity index (χ3n) is 4.06. The Bertz CT molecular complexity index is 660. The Morgan fingerprint density at radius 3 is 2.86 bits per heavy atom. The monoisotopic (exact) mass is 304 g/mol. The lowest BCUT2D eigenvalue weighted by molar-refractivity contribution is 0.0725. The van der Waals surface area contributed by atoms with Gasteiger partial charge in [-0.25, -0.2) is 4.98 Å². The summed E-state index contributed by atoms with van der Waals surface area (Å²) in [7, 11) is 0. The minimum atomic E-state index is 0.124. The molecule has 3 rings (SSSR count). The fourth-order valence-corrected chi connectivity index (χ4v) is 3.75. The smallest absolute Gasteiger partial charge is 0.266 e. The summed E-state index contributed by atoms with van der Waals surface area (Å²) in [5, 5.41) is 4.52. The molecule has 0 radical (unpaired) electrons. The number of carbonyl (C=O) groups is 1. The molecule has 1 amide bonds. The summed E-state index contributed by atoms with van der Waals surface area (Å²) in [5.41, 5.74) is 4.76. The zero-order valence-electron chi connectivity index (χ0n) is 12.7. The van der Waals surface area contributed by atoms with E-state index in [1.54, 1.807) is 5.51 Å². The molecule has 0 spiro atoms. The lowest BCUT2D eigenvalue weighted by atomic mass is 10.2. The summed E-state index contributed by atoms with van der Waals surface area (Å²) < 4.78 is 2.02. The Labute approximate surface area is 128 Å². The van der Waals surface area contributed by atoms with E-state index in [0.717, 1.165) is 47.9 Å². The van der Waals surface area contributed by atoms with E-state index in [1.165, 1.54) is 11.3 Å². The van der Waals surface area contributed by atoms with E-state index in [9.17, 15) is 4.79 Å². The van der Waals surface area contributed by atoms with E-state index in [0.29, 0.717) is 0 Å². The van der Waals surface area contributed by atoms with Crippen LogP contribution in [0.3, 0.4) is 0 Å². The molecule has 6 heteroatoms. The summed E-state index contributed by atoms with van der Waals surface area (Å²) in [6, 6.07) is 2.31. The number of hydrogen-bond donors (Lipinski definition) is 0. The van der Waals surface area contributed by atoms with Gasteiger partial charge in [0.25, 0.3) is 5.91 Å². The van der Waals surface area contributed by atoms with Gasteiger partial charge < -0.3 is 4.90 Å². The van der Waals surface area contributed by atoms with Crippen LogP contribution < -0.4 is 0 Å². The van der Waals surface area contributed by atoms with Crippen molar-refractivity contribution in [1.82, 2.24) is 19.7 Å². The molecule has 2 aromatic rings. The highest BCUT2D eigenvalue weighted by Crippen LogP contribution is 2.24. The first-order chi connectivity index (χ1) is 10.1. The van der Waals surface area contributed by atoms with Crippen LogP contribution in [0.2, 0.25) is 0 Å². The van der Waals surface area contributed by atoms with E-state index in [2.05, 4.69) is 23.1 Å². The van der Waals surface area contributed by atoms with Gasteiger partial charge in [0, 0.05) is 12.2 Å². The summed E-state index contributed by atoms with van der Waals surface area (Å²) in [4.78, 5) is 19.6. The number of amides is 1. The first-order valence-corrected chi connectivity index (χ1v) is 8.16. The number of nitrogens with zero attached hydrogens (tertiary/aromatic N) is 4. The largest absolute Gasteiger partial charge is 0.333 e. The van der Waals surface area contributed by atoms with Gasteiger partial charge >= 0.3 is 0 Å². The Kier molecular flexibility index (Phi) is 3.80. The number of aromatic nitrogens is 3. The molecule has 0 unspecified atom stereocenters. The Balaban J connectivity index is 1.78. The van der Waals surface area contributed by atoms with Crippen molar-refractivity contribution in [3.8, 4) is 0 Å². The molecule has 1 atom stereocenters. The molecule has 0 N–H and O–H groups in total. The number of thiazole rings is 1. The second kappa shape index (κ2) is 5.60. The van der Waals surface area contributed by atoms with Crippen LogP contribution in [-0.2, 0) is 6.54 Å². The van der Waals surface area contributed by atoms with E-state index in [-0.39, 0.29) is 11.9 Å². The van der Waals surface area contributed by atoms with Crippen LogP contribution in [-0.4, -0.2) is 38.2 Å². The van der Waals surface area contributed by atoms with Gasteiger partial charge in [-0.1, -0.05) is 0 Å². The van der Waals surface area contributed by atoms with Gasteiger partial charge in [-0.3, -0.25) is 9.48 Å². The first-order valence-electron chi connectivity index (χ1n) is 7.28. The molecule has 1 saturated heterocycles. The van der Waals surface area contributed by atoms with Crippen molar-refractivity contribution in [2.75, 3.05) is 6.54 Å². The molecular formula is C15H20N4OS. The van der Waals surface area contributed by atoms with Crippen LogP contribution in [0.1, 0.15) is 39.6 Å². The van der Waals surface area contributed by atoms with Crippen molar-refractivity contribution < 1.29 is 4.79 Å². The summed E-state index contributed by atoms with van der Waals surface area (Å²) in [6.45, 7) is 7.58. The summed E-state index contributed by atoms with van der Waals surface area (Å²) >= 11 is 1.44. The Hall–Kier alpha value is -1.69. The van der Waals surface area contributed by atoms with Crippen molar-refractivity contribution in [2.45, 2.75) is 46.2 Å². The van der Waals surface area contributed by atoms with Crippen LogP contribution in [0.5, 0.6) is 0 Å². The molecule has 0 bridgehead atoms. The van der Waals surface area contributed by atoms with Crippen molar-refractivity contribution in [3.05, 3.63) is 33.5 Å². The second-order valence-electron chi connectivity index (χ2n) is 5.67. The van der Waals surface area contributed by atoms with Gasteiger partial charge in [0.05, 0.1) is 29.5 Å². The van der Waals surface area contributed by atoms with E-state index >= 15 is 0 Å². The van der Waals surface area contributed by atoms with Gasteiger partial charge in [-0.15, -0.1) is 11.3 Å². The van der Waals surface area contributed by atoms with Gasteiger partial charge in [0.15, 0.2) is 0 Å². The van der Waals surface area contributed by atoms with E-state index < -0.39 is 0 Å². The maximum absolute atomic E-state index is 12.7. The first kappa shape index (κ1) is 14.3. The molecule has 1 aliphatic heterocycles. The number of rotatable bonds is 3. The maximum atomic E-state index is 12.7. The van der Waals surface area contributed by atoms with E-state index in [4.69, 9.17) is 0 Å². The minimum absolute atomic E-state index is 0.124. The summed E-state index contributed by atoms with van der Waals surface area (Å²) in [6.07, 6.45) is 2.11. The molecule has 2 aromatic heterocycles. The minimum Gasteiger partial charge on any atom is -0.333 e. The number of likely N-dealkylation sites (tertiary alicyclic amines) is 1. The molecule has 5 nitrogen and oxygen atoms in total. The van der Waals surface area contributed by atoms with Gasteiger partial charge in [0.2, 0.25) is 0 Å². The highest BCUT2D eigenvalue weighted by Gasteiger charge is 2.31. The molecule has 0 aliphatic carbocycles. The van der Waals surface area contributed by atoms with Crippen LogP contribution >= 0.6 is 11.3 Å². The molecule has 112 valence electrons. The van der Waals surface area contributed by atoms with Crippen molar-refractivity contribution >= 4 is 17.2 Å². The van der Waals surface area contributed by atoms with Gasteiger partial charge in [0.1, 0.15) is 4.88 Å². The van der Waals surface area contributed by atoms with Crippen LogP contribution in [0, 0.1) is 20.8 Å². The highest BCUT2D eigenvalue weighted by atomic mass is 32.1. The molecular weight excluding hydrogens is 284 g/mol. The average Bonchev–Trinajstić information content (AvgIpc) is 3.12. The number of aryl methyl sites for hydroxylation is 3. The van der Waals surface area contributed by atoms with E-state index in [1.807, 2.05) is 23.4 Å². The normalized spacial score (nSPS) is 18.4. The predicted octanol–water partition coefficient (Wildman–Crippen LogP) is 2.57. The van der Waals surface area contributed by atoms with Crippen molar-refractivity contribution in [3.63, 3.8) is 0 Å². The predicted molar refractivity (Wildman–Crippen MR) is 82.6 cm³/mol. The average molecular weight is 304 g/mol. The Morgan fingerprint density at radius 2 is 2.24 bits per heavy atom. The highest BCUT2D eigenvalue weighted by molar-refractivity contribution is 7.11. The molecule has 21 heavy (non-hydrogen) atoms. The van der Waals surface area contributed by atoms with Crippen LogP contribution in [0.4, 0.5) is 0 Å². The summed E-state index contributed by atoms with van der Waals surface area (Å²) in [5.74, 6) is 0.124. The SMILES string of the molecule is Cc1cc(C)n(C[C@@H]2CCCN2C(=O)c2scnc2C)n1. The molecule has 1 fully saturated rings. The lowest BCUT2D eigenvalue weighted by Gasteiger charge is -2.24. The van der Waals surface area contributed by atoms with Gasteiger partial charge in [-0.2, -0.15) is 5.10 Å². The zero-order valence-corrected chi connectivity index (χ0v) is 13.5. The van der Waals surface area contributed by atoms with Crippen molar-refractivity contribution in [1.29, 1.82) is 0 Å². The zero-order chi connectivity index (χ0) is 15.0. The standard InChI is InChI=1S/C15H20N4OS/c1-10-7-11(2)19(17-10)8-13-5-4-6-18(13)15(20)14-12(3)16-9-21-14/h7,9,13H,4-6,8H2,1-3H3/t13-/m0/s1. The molecule has 1 aliphatic rings. The Morgan fingerprint density at radius 1 is 1.43 bits per heavy atom. The molecule has 0 saturated carbocycles. The van der Waals surface area contributed by atoms with Crippen LogP contribution in [0.15, 0.2) is 11.6 Å². The van der Waals surface area contributed by atoms with Gasteiger partial charge in [-0.05, 0) is 39.7 Å². The fraction of sp³-hybridized carbons (Fsp3) is 0.533. The topological polar surface area (TPSA) is 51.0 Å². The second-order valence-corrected chi connectivity index (χ2v) is 6.53. The molecule has 3 heterocycles. The molecule has 0 aromatic carbocycles. The van der Waals surface area contributed by atoms with Crippen LogP contribution in [0.25, 0.3) is 0 Å². The third kappa shape index (κ3) is 2.72. The number of hydrogen-bond acceptors (Lipinski definition) is 4. The third-order valence-corrected chi connectivity index (χ3v) is 4.98. The lowest BCUT2D eigenvalue weighted by Crippen LogP contribution is -2.38. The number of carbonyl (C=O) groups excluding carboxylic acids is 1.